The number of carboxylic acids is 1. The lowest BCUT2D eigenvalue weighted by molar-refractivity contribution is 0.0691. The van der Waals surface area contributed by atoms with E-state index in [0.717, 1.165) is 33.6 Å². The van der Waals surface area contributed by atoms with Crippen LogP contribution in [-0.4, -0.2) is 28.8 Å². The van der Waals surface area contributed by atoms with Gasteiger partial charge in [0.25, 0.3) is 0 Å². The van der Waals surface area contributed by atoms with Crippen LogP contribution in [0.5, 0.6) is 0 Å². The van der Waals surface area contributed by atoms with E-state index in [-0.39, 0.29) is 23.4 Å². The van der Waals surface area contributed by atoms with Crippen molar-refractivity contribution >= 4 is 28.5 Å². The number of rotatable bonds is 4. The lowest BCUT2D eigenvalue weighted by Gasteiger charge is -2.14. The Morgan fingerprint density at radius 3 is 2.27 bits per heavy atom. The first-order chi connectivity index (χ1) is 12.6. The number of carbonyl (C=O) groups excluding carboxylic acids is 1. The molecule has 0 saturated carbocycles. The molecule has 2 aromatic carbocycles. The van der Waals surface area contributed by atoms with E-state index in [1.165, 1.54) is 5.38 Å². The molecule has 1 heterocycles. The van der Waals surface area contributed by atoms with Gasteiger partial charge in [0.15, 0.2) is 10.8 Å². The molecular weight excluding hydrogens is 352 g/mol. The van der Waals surface area contributed by atoms with Crippen LogP contribution in [0.4, 0.5) is 9.93 Å². The molecular formula is C19H14N2O4S. The van der Waals surface area contributed by atoms with E-state index in [0.29, 0.717) is 0 Å². The number of hydrogen-bond donors (Lipinski definition) is 2. The van der Waals surface area contributed by atoms with Crippen molar-refractivity contribution in [3.8, 4) is 11.1 Å². The standard InChI is InChI=1S/C19H14N2O4S/c22-17(23)16-10-26-18(20-16)21-19(24)25-9-15-13-7-3-1-5-11(13)12-6-2-4-8-14(12)15/h1-8,10,15H,9H2,(H,22,23)(H,20,21,24). The number of nitrogens with zero attached hydrogens (tertiary/aromatic N) is 1. The number of nitrogens with one attached hydrogen (secondary N) is 1. The number of anilines is 1. The summed E-state index contributed by atoms with van der Waals surface area (Å²) in [6.07, 6.45) is -0.654. The molecule has 1 aliphatic rings. The van der Waals surface area contributed by atoms with Gasteiger partial charge in [0.05, 0.1) is 0 Å². The molecule has 0 unspecified atom stereocenters. The molecule has 1 amide bonds. The molecule has 130 valence electrons. The minimum Gasteiger partial charge on any atom is -0.476 e. The molecule has 3 aromatic rings. The first kappa shape index (κ1) is 16.3. The molecule has 0 bridgehead atoms. The Kier molecular flexibility index (Phi) is 4.14. The number of carboxylic acid groups (broad SMARTS) is 1. The number of fused-ring (bicyclic) bond motifs is 3. The normalized spacial score (nSPS) is 12.3. The largest absolute Gasteiger partial charge is 0.476 e. The van der Waals surface area contributed by atoms with Crippen LogP contribution in [0.15, 0.2) is 53.9 Å². The zero-order chi connectivity index (χ0) is 18.1. The van der Waals surface area contributed by atoms with Crippen molar-refractivity contribution in [3.05, 3.63) is 70.7 Å². The van der Waals surface area contributed by atoms with Crippen molar-refractivity contribution in [2.75, 3.05) is 11.9 Å². The van der Waals surface area contributed by atoms with E-state index >= 15 is 0 Å². The second-order valence-corrected chi connectivity index (χ2v) is 6.65. The molecule has 1 aromatic heterocycles. The van der Waals surface area contributed by atoms with Gasteiger partial charge in [0.2, 0.25) is 0 Å². The van der Waals surface area contributed by atoms with Gasteiger partial charge < -0.3 is 9.84 Å². The molecule has 0 fully saturated rings. The fourth-order valence-corrected chi connectivity index (χ4v) is 3.82. The molecule has 6 nitrogen and oxygen atoms in total. The van der Waals surface area contributed by atoms with Crippen LogP contribution in [0.25, 0.3) is 11.1 Å². The fraction of sp³-hybridized carbons (Fsp3) is 0.105. The molecule has 0 aliphatic heterocycles. The summed E-state index contributed by atoms with van der Waals surface area (Å²) in [7, 11) is 0. The predicted octanol–water partition coefficient (Wildman–Crippen LogP) is 4.20. The second-order valence-electron chi connectivity index (χ2n) is 5.79. The number of aromatic carboxylic acids is 1. The first-order valence-electron chi connectivity index (χ1n) is 7.94. The summed E-state index contributed by atoms with van der Waals surface area (Å²) in [5.74, 6) is -1.17. The van der Waals surface area contributed by atoms with Gasteiger partial charge in [-0.1, -0.05) is 48.5 Å². The lowest BCUT2D eigenvalue weighted by Crippen LogP contribution is -2.18. The Bertz CT molecular complexity index is 953. The smallest absolute Gasteiger partial charge is 0.413 e. The molecule has 0 spiro atoms. The van der Waals surface area contributed by atoms with E-state index in [9.17, 15) is 9.59 Å². The third kappa shape index (κ3) is 2.93. The van der Waals surface area contributed by atoms with Gasteiger partial charge in [0.1, 0.15) is 6.61 Å². The maximum absolute atomic E-state index is 12.1. The number of ether oxygens (including phenoxy) is 1. The van der Waals surface area contributed by atoms with Crippen molar-refractivity contribution in [1.29, 1.82) is 0 Å². The summed E-state index contributed by atoms with van der Waals surface area (Å²) in [5.41, 5.74) is 4.46. The molecule has 2 N–H and O–H groups in total. The zero-order valence-corrected chi connectivity index (χ0v) is 14.3. The highest BCUT2D eigenvalue weighted by Crippen LogP contribution is 2.44. The molecule has 0 radical (unpaired) electrons. The minimum atomic E-state index is -1.14. The average molecular weight is 366 g/mol. The molecule has 7 heteroatoms. The number of aromatic nitrogens is 1. The van der Waals surface area contributed by atoms with Crippen LogP contribution in [-0.2, 0) is 4.74 Å². The highest BCUT2D eigenvalue weighted by molar-refractivity contribution is 7.14. The molecule has 26 heavy (non-hydrogen) atoms. The van der Waals surface area contributed by atoms with Crippen LogP contribution >= 0.6 is 11.3 Å². The van der Waals surface area contributed by atoms with Crippen molar-refractivity contribution in [3.63, 3.8) is 0 Å². The quantitative estimate of drug-likeness (QED) is 0.722. The monoisotopic (exact) mass is 366 g/mol. The fourth-order valence-electron chi connectivity index (χ4n) is 3.15. The topological polar surface area (TPSA) is 88.5 Å². The van der Waals surface area contributed by atoms with Crippen LogP contribution in [0.2, 0.25) is 0 Å². The average Bonchev–Trinajstić information content (AvgIpc) is 3.23. The second kappa shape index (κ2) is 6.61. The number of amides is 1. The number of hydrogen-bond acceptors (Lipinski definition) is 5. The lowest BCUT2D eigenvalue weighted by atomic mass is 9.98. The molecule has 4 rings (SSSR count). The molecule has 0 atom stereocenters. The Morgan fingerprint density at radius 1 is 1.08 bits per heavy atom. The zero-order valence-electron chi connectivity index (χ0n) is 13.5. The Labute approximate surface area is 153 Å². The summed E-state index contributed by atoms with van der Waals surface area (Å²) < 4.78 is 5.38. The van der Waals surface area contributed by atoms with E-state index < -0.39 is 12.1 Å². The highest BCUT2D eigenvalue weighted by Gasteiger charge is 2.29. The van der Waals surface area contributed by atoms with Gasteiger partial charge in [-0.25, -0.2) is 14.6 Å². The van der Waals surface area contributed by atoms with Gasteiger partial charge in [-0.15, -0.1) is 11.3 Å². The molecule has 0 saturated heterocycles. The summed E-state index contributed by atoms with van der Waals surface area (Å²) in [5, 5.41) is 12.9. The van der Waals surface area contributed by atoms with E-state index in [2.05, 4.69) is 22.4 Å². The summed E-state index contributed by atoms with van der Waals surface area (Å²) in [6, 6.07) is 16.2. The van der Waals surface area contributed by atoms with Crippen LogP contribution < -0.4 is 5.32 Å². The first-order valence-corrected chi connectivity index (χ1v) is 8.82. The maximum Gasteiger partial charge on any atom is 0.413 e. The Hall–Kier alpha value is -3.19. The van der Waals surface area contributed by atoms with Gasteiger partial charge in [-0.3, -0.25) is 5.32 Å². The van der Waals surface area contributed by atoms with E-state index in [4.69, 9.17) is 9.84 Å². The van der Waals surface area contributed by atoms with E-state index in [1.807, 2.05) is 36.4 Å². The summed E-state index contributed by atoms with van der Waals surface area (Å²) >= 11 is 1.04. The van der Waals surface area contributed by atoms with Gasteiger partial charge in [0, 0.05) is 11.3 Å². The van der Waals surface area contributed by atoms with Gasteiger partial charge >= 0.3 is 12.1 Å². The van der Waals surface area contributed by atoms with Crippen LogP contribution in [0, 0.1) is 0 Å². The highest BCUT2D eigenvalue weighted by atomic mass is 32.1. The van der Waals surface area contributed by atoms with Crippen molar-refractivity contribution in [2.24, 2.45) is 0 Å². The SMILES string of the molecule is O=C(Nc1nc(C(=O)O)cs1)OCC1c2ccccc2-c2ccccc21. The van der Waals surface area contributed by atoms with E-state index in [1.54, 1.807) is 0 Å². The van der Waals surface area contributed by atoms with Crippen molar-refractivity contribution in [2.45, 2.75) is 5.92 Å². The number of benzene rings is 2. The number of carbonyl (C=O) groups is 2. The summed E-state index contributed by atoms with van der Waals surface area (Å²) in [6.45, 7) is 0.191. The molecule has 1 aliphatic carbocycles. The third-order valence-corrected chi connectivity index (χ3v) is 5.03. The van der Waals surface area contributed by atoms with Crippen LogP contribution in [0.1, 0.15) is 27.5 Å². The maximum atomic E-state index is 12.1. The number of thiazole rings is 1. The van der Waals surface area contributed by atoms with Crippen LogP contribution in [0.3, 0.4) is 0 Å². The Balaban J connectivity index is 1.47. The third-order valence-electron chi connectivity index (χ3n) is 4.28. The minimum absolute atomic E-state index is 0.0287. The van der Waals surface area contributed by atoms with Gasteiger partial charge in [-0.2, -0.15) is 0 Å². The van der Waals surface area contributed by atoms with Crippen molar-refractivity contribution in [1.82, 2.24) is 4.98 Å². The van der Waals surface area contributed by atoms with Gasteiger partial charge in [-0.05, 0) is 22.3 Å². The van der Waals surface area contributed by atoms with Crippen molar-refractivity contribution < 1.29 is 19.4 Å². The summed E-state index contributed by atoms with van der Waals surface area (Å²) in [4.78, 5) is 26.7. The Morgan fingerprint density at radius 2 is 1.69 bits per heavy atom. The predicted molar refractivity (Wildman–Crippen MR) is 97.8 cm³/mol.